The van der Waals surface area contributed by atoms with E-state index in [0.717, 1.165) is 16.8 Å². The molecule has 1 unspecified atom stereocenters. The van der Waals surface area contributed by atoms with Crippen molar-refractivity contribution < 1.29 is 23.9 Å². The van der Waals surface area contributed by atoms with E-state index in [-0.39, 0.29) is 18.3 Å². The Morgan fingerprint density at radius 1 is 1.14 bits per heavy atom. The number of rotatable bonds is 3. The van der Waals surface area contributed by atoms with Crippen molar-refractivity contribution in [2.45, 2.75) is 20.3 Å². The van der Waals surface area contributed by atoms with Gasteiger partial charge in [-0.2, -0.15) is 0 Å². The number of nitrogens with zero attached hydrogens (tertiary/aromatic N) is 1. The smallest absolute Gasteiger partial charge is 0.337 e. The van der Waals surface area contributed by atoms with Gasteiger partial charge in [-0.05, 0) is 37.1 Å². The molecule has 1 atom stereocenters. The molecule has 0 saturated carbocycles. The first kappa shape index (κ1) is 16.0. The summed E-state index contributed by atoms with van der Waals surface area (Å²) in [7, 11) is 2.64. The fraction of sp³-hybridized carbons (Fsp3) is 0.438. The summed E-state index contributed by atoms with van der Waals surface area (Å²) >= 11 is 0. The molecule has 0 spiro atoms. The van der Waals surface area contributed by atoms with Crippen LogP contribution in [0.1, 0.15) is 27.9 Å². The van der Waals surface area contributed by atoms with E-state index >= 15 is 0 Å². The van der Waals surface area contributed by atoms with E-state index in [0.29, 0.717) is 12.1 Å². The number of esters is 2. The minimum atomic E-state index is -0.448. The van der Waals surface area contributed by atoms with Gasteiger partial charge in [0.05, 0.1) is 25.7 Å². The molecule has 0 aromatic heterocycles. The normalized spacial score (nSPS) is 17.5. The number of methoxy groups -OCH3 is 2. The molecule has 0 bridgehead atoms. The van der Waals surface area contributed by atoms with Crippen molar-refractivity contribution in [2.24, 2.45) is 5.92 Å². The first-order chi connectivity index (χ1) is 10.4. The van der Waals surface area contributed by atoms with Crippen LogP contribution in [0.4, 0.5) is 5.69 Å². The van der Waals surface area contributed by atoms with Crippen molar-refractivity contribution in [3.05, 3.63) is 28.8 Å². The van der Waals surface area contributed by atoms with Crippen molar-refractivity contribution in [1.82, 2.24) is 0 Å². The second-order valence-corrected chi connectivity index (χ2v) is 5.38. The Balaban J connectivity index is 2.35. The highest BCUT2D eigenvalue weighted by molar-refractivity contribution is 6.01. The Morgan fingerprint density at radius 2 is 1.73 bits per heavy atom. The van der Waals surface area contributed by atoms with Crippen LogP contribution in [0.25, 0.3) is 0 Å². The van der Waals surface area contributed by atoms with E-state index in [1.165, 1.54) is 14.2 Å². The van der Waals surface area contributed by atoms with Gasteiger partial charge < -0.3 is 14.4 Å². The zero-order chi connectivity index (χ0) is 16.4. The summed E-state index contributed by atoms with van der Waals surface area (Å²) in [6, 6.07) is 3.37. The van der Waals surface area contributed by atoms with Crippen LogP contribution in [-0.4, -0.2) is 38.6 Å². The van der Waals surface area contributed by atoms with Crippen molar-refractivity contribution >= 4 is 23.5 Å². The highest BCUT2D eigenvalue weighted by atomic mass is 16.5. The number of aryl methyl sites for hydroxylation is 2. The molecule has 1 aliphatic rings. The summed E-state index contributed by atoms with van der Waals surface area (Å²) in [5.74, 6) is -1.36. The van der Waals surface area contributed by atoms with Crippen molar-refractivity contribution in [2.75, 3.05) is 25.7 Å². The second kappa shape index (κ2) is 6.17. The average molecular weight is 305 g/mol. The molecule has 1 fully saturated rings. The summed E-state index contributed by atoms with van der Waals surface area (Å²) in [4.78, 5) is 37.1. The zero-order valence-corrected chi connectivity index (χ0v) is 13.1. The molecule has 0 aliphatic carbocycles. The summed E-state index contributed by atoms with van der Waals surface area (Å²) < 4.78 is 9.43. The fourth-order valence-electron chi connectivity index (χ4n) is 2.87. The lowest BCUT2D eigenvalue weighted by Crippen LogP contribution is -2.27. The van der Waals surface area contributed by atoms with Crippen LogP contribution in [0.5, 0.6) is 0 Å². The van der Waals surface area contributed by atoms with E-state index < -0.39 is 11.9 Å². The van der Waals surface area contributed by atoms with Crippen molar-refractivity contribution in [3.63, 3.8) is 0 Å². The average Bonchev–Trinajstić information content (AvgIpc) is 2.86. The molecule has 22 heavy (non-hydrogen) atoms. The van der Waals surface area contributed by atoms with Crippen molar-refractivity contribution in [1.29, 1.82) is 0 Å². The lowest BCUT2D eigenvalue weighted by Gasteiger charge is -2.22. The predicted octanol–water partition coefficient (Wildman–Crippen LogP) is 1.62. The summed E-state index contributed by atoms with van der Waals surface area (Å²) in [6.45, 7) is 3.95. The third kappa shape index (κ3) is 2.81. The molecule has 1 aromatic carbocycles. The third-order valence-corrected chi connectivity index (χ3v) is 3.84. The molecule has 1 saturated heterocycles. The van der Waals surface area contributed by atoms with Crippen LogP contribution in [0.15, 0.2) is 12.1 Å². The van der Waals surface area contributed by atoms with Crippen LogP contribution in [0.3, 0.4) is 0 Å². The Labute approximate surface area is 129 Å². The van der Waals surface area contributed by atoms with Crippen LogP contribution >= 0.6 is 0 Å². The van der Waals surface area contributed by atoms with Crippen LogP contribution < -0.4 is 4.90 Å². The molecule has 0 radical (unpaired) electrons. The number of carbonyl (C=O) groups excluding carboxylic acids is 3. The van der Waals surface area contributed by atoms with E-state index in [2.05, 4.69) is 0 Å². The molecule has 1 amide bonds. The first-order valence-corrected chi connectivity index (χ1v) is 6.96. The number of benzene rings is 1. The SMILES string of the molecule is COC(=O)c1cc(C)c(N2CC(C(=O)OC)CC2=O)c(C)c1. The van der Waals surface area contributed by atoms with Crippen molar-refractivity contribution in [3.8, 4) is 0 Å². The number of hydrogen-bond acceptors (Lipinski definition) is 5. The fourth-order valence-corrected chi connectivity index (χ4v) is 2.87. The van der Waals surface area contributed by atoms with Gasteiger partial charge in [0.15, 0.2) is 0 Å². The lowest BCUT2D eigenvalue weighted by molar-refractivity contribution is -0.145. The Hall–Kier alpha value is -2.37. The minimum Gasteiger partial charge on any atom is -0.469 e. The minimum absolute atomic E-state index is 0.118. The number of ether oxygens (including phenoxy) is 2. The lowest BCUT2D eigenvalue weighted by atomic mass is 10.0. The van der Waals surface area contributed by atoms with Crippen LogP contribution in [0.2, 0.25) is 0 Å². The molecule has 6 nitrogen and oxygen atoms in total. The second-order valence-electron chi connectivity index (χ2n) is 5.38. The topological polar surface area (TPSA) is 72.9 Å². The summed E-state index contributed by atoms with van der Waals surface area (Å²) in [5.41, 5.74) is 2.76. The monoisotopic (exact) mass is 305 g/mol. The quantitative estimate of drug-likeness (QED) is 0.793. The van der Waals surface area contributed by atoms with Gasteiger partial charge in [-0.15, -0.1) is 0 Å². The van der Waals surface area contributed by atoms with E-state index in [9.17, 15) is 14.4 Å². The molecule has 2 rings (SSSR count). The van der Waals surface area contributed by atoms with Gasteiger partial charge in [0.2, 0.25) is 5.91 Å². The maximum absolute atomic E-state index is 12.2. The molecule has 1 aromatic rings. The Kier molecular flexibility index (Phi) is 4.49. The van der Waals surface area contributed by atoms with Gasteiger partial charge in [0.1, 0.15) is 0 Å². The number of anilines is 1. The zero-order valence-electron chi connectivity index (χ0n) is 13.1. The standard InChI is InChI=1S/C16H19NO5/c1-9-5-11(15(19)21-3)6-10(2)14(9)17-8-12(7-13(17)18)16(20)22-4/h5-6,12H,7-8H2,1-4H3. The van der Waals surface area contributed by atoms with Crippen LogP contribution in [-0.2, 0) is 19.1 Å². The Bertz CT molecular complexity index is 614. The van der Waals surface area contributed by atoms with Gasteiger partial charge in [0, 0.05) is 18.7 Å². The molecule has 118 valence electrons. The predicted molar refractivity (Wildman–Crippen MR) is 79.7 cm³/mol. The van der Waals surface area contributed by atoms with E-state index in [1.807, 2.05) is 13.8 Å². The van der Waals surface area contributed by atoms with E-state index in [4.69, 9.17) is 9.47 Å². The van der Waals surface area contributed by atoms with Gasteiger partial charge >= 0.3 is 11.9 Å². The maximum atomic E-state index is 12.2. The highest BCUT2D eigenvalue weighted by Gasteiger charge is 2.37. The van der Waals surface area contributed by atoms with Gasteiger partial charge in [-0.1, -0.05) is 0 Å². The highest BCUT2D eigenvalue weighted by Crippen LogP contribution is 2.32. The third-order valence-electron chi connectivity index (χ3n) is 3.84. The Morgan fingerprint density at radius 3 is 2.23 bits per heavy atom. The molecule has 6 heteroatoms. The van der Waals surface area contributed by atoms with Gasteiger partial charge in [-0.25, -0.2) is 4.79 Å². The molecular weight excluding hydrogens is 286 g/mol. The summed E-state index contributed by atoms with van der Waals surface area (Å²) in [6.07, 6.45) is 0.143. The largest absolute Gasteiger partial charge is 0.469 e. The van der Waals surface area contributed by atoms with Gasteiger partial charge in [0.25, 0.3) is 0 Å². The van der Waals surface area contributed by atoms with Gasteiger partial charge in [-0.3, -0.25) is 9.59 Å². The maximum Gasteiger partial charge on any atom is 0.337 e. The van der Waals surface area contributed by atoms with E-state index in [1.54, 1.807) is 17.0 Å². The first-order valence-electron chi connectivity index (χ1n) is 6.96. The number of hydrogen-bond donors (Lipinski definition) is 0. The number of amides is 1. The van der Waals surface area contributed by atoms with Crippen LogP contribution in [0, 0.1) is 19.8 Å². The number of carbonyl (C=O) groups is 3. The molecule has 0 N–H and O–H groups in total. The summed E-state index contributed by atoms with van der Waals surface area (Å²) in [5, 5.41) is 0. The molecule has 1 heterocycles. The molecule has 1 aliphatic heterocycles. The molecular formula is C16H19NO5.